The lowest BCUT2D eigenvalue weighted by molar-refractivity contribution is -0.135. The van der Waals surface area contributed by atoms with Crippen LogP contribution in [0.5, 0.6) is 0 Å². The molecule has 0 radical (unpaired) electrons. The minimum atomic E-state index is -0.102. The standard InChI is InChI=1S/C19H29N3O2.ClH/c1-14-5-6-16(15(2)12-14)7-8-18(23)22-11-3-4-17(13-22)19(24)21-10-9-20;/h5-6,12,17H,3-4,7-11,13,20H2,1-2H3,(H,21,24);1H. The highest BCUT2D eigenvalue weighted by Crippen LogP contribution is 2.19. The lowest BCUT2D eigenvalue weighted by atomic mass is 9.96. The number of nitrogens with two attached hydrogens (primary N) is 1. The Hall–Kier alpha value is -1.59. The van der Waals surface area contributed by atoms with E-state index in [1.54, 1.807) is 0 Å². The Labute approximate surface area is 156 Å². The molecule has 1 aliphatic heterocycles. The molecule has 2 amide bonds. The normalized spacial score (nSPS) is 16.9. The Morgan fingerprint density at radius 2 is 2.08 bits per heavy atom. The predicted molar refractivity (Wildman–Crippen MR) is 103 cm³/mol. The van der Waals surface area contributed by atoms with Crippen molar-refractivity contribution in [1.29, 1.82) is 0 Å². The number of hydrogen-bond acceptors (Lipinski definition) is 3. The number of halogens is 1. The lowest BCUT2D eigenvalue weighted by Crippen LogP contribution is -2.46. The van der Waals surface area contributed by atoms with Gasteiger partial charge in [-0.3, -0.25) is 9.59 Å². The number of piperidine rings is 1. The van der Waals surface area contributed by atoms with Crippen LogP contribution in [0.15, 0.2) is 18.2 Å². The Kier molecular flexibility index (Phi) is 8.93. The summed E-state index contributed by atoms with van der Waals surface area (Å²) in [5, 5.41) is 2.83. The average Bonchev–Trinajstić information content (AvgIpc) is 2.58. The number of rotatable bonds is 6. The average molecular weight is 368 g/mol. The van der Waals surface area contributed by atoms with Gasteiger partial charge in [0.2, 0.25) is 11.8 Å². The molecule has 0 bridgehead atoms. The minimum absolute atomic E-state index is 0. The Bertz CT molecular complexity index is 592. The van der Waals surface area contributed by atoms with Crippen molar-refractivity contribution in [2.75, 3.05) is 26.2 Å². The van der Waals surface area contributed by atoms with E-state index in [9.17, 15) is 9.59 Å². The SMILES string of the molecule is Cc1ccc(CCC(=O)N2CCCC(C(=O)NCCN)C2)c(C)c1.Cl. The summed E-state index contributed by atoms with van der Waals surface area (Å²) in [4.78, 5) is 26.4. The second-order valence-electron chi connectivity index (χ2n) is 6.69. The van der Waals surface area contributed by atoms with Crippen molar-refractivity contribution in [3.05, 3.63) is 34.9 Å². The van der Waals surface area contributed by atoms with Crippen LogP contribution in [-0.2, 0) is 16.0 Å². The van der Waals surface area contributed by atoms with Gasteiger partial charge < -0.3 is 16.0 Å². The number of amides is 2. The molecule has 0 saturated carbocycles. The Balaban J connectivity index is 0.00000312. The molecule has 3 N–H and O–H groups in total. The number of likely N-dealkylation sites (tertiary alicyclic amines) is 1. The topological polar surface area (TPSA) is 75.4 Å². The molecule has 1 saturated heterocycles. The van der Waals surface area contributed by atoms with Crippen LogP contribution < -0.4 is 11.1 Å². The van der Waals surface area contributed by atoms with Gasteiger partial charge in [0.25, 0.3) is 0 Å². The number of carbonyl (C=O) groups is 2. The smallest absolute Gasteiger partial charge is 0.224 e. The highest BCUT2D eigenvalue weighted by Gasteiger charge is 2.27. The minimum Gasteiger partial charge on any atom is -0.355 e. The molecule has 0 spiro atoms. The van der Waals surface area contributed by atoms with Crippen molar-refractivity contribution < 1.29 is 9.59 Å². The fourth-order valence-electron chi connectivity index (χ4n) is 3.28. The summed E-state index contributed by atoms with van der Waals surface area (Å²) in [6.45, 7) is 6.39. The van der Waals surface area contributed by atoms with Crippen LogP contribution in [0.25, 0.3) is 0 Å². The zero-order valence-corrected chi connectivity index (χ0v) is 16.0. The van der Waals surface area contributed by atoms with E-state index in [0.717, 1.165) is 25.8 Å². The monoisotopic (exact) mass is 367 g/mol. The Morgan fingerprint density at radius 1 is 1.32 bits per heavy atom. The van der Waals surface area contributed by atoms with Crippen molar-refractivity contribution in [2.45, 2.75) is 39.5 Å². The van der Waals surface area contributed by atoms with Gasteiger partial charge in [0, 0.05) is 32.6 Å². The molecule has 1 aliphatic rings. The Morgan fingerprint density at radius 3 is 2.76 bits per heavy atom. The first-order chi connectivity index (χ1) is 11.5. The second-order valence-corrected chi connectivity index (χ2v) is 6.69. The maximum Gasteiger partial charge on any atom is 0.224 e. The maximum absolute atomic E-state index is 12.5. The third-order valence-electron chi connectivity index (χ3n) is 4.69. The number of nitrogens with one attached hydrogen (secondary N) is 1. The quantitative estimate of drug-likeness (QED) is 0.807. The summed E-state index contributed by atoms with van der Waals surface area (Å²) < 4.78 is 0. The van der Waals surface area contributed by atoms with Gasteiger partial charge in [0.05, 0.1) is 5.92 Å². The van der Waals surface area contributed by atoms with Gasteiger partial charge in [0.15, 0.2) is 0 Å². The van der Waals surface area contributed by atoms with E-state index in [0.29, 0.717) is 26.1 Å². The fourth-order valence-corrected chi connectivity index (χ4v) is 3.28. The zero-order valence-electron chi connectivity index (χ0n) is 15.2. The van der Waals surface area contributed by atoms with E-state index in [2.05, 4.69) is 37.4 Å². The van der Waals surface area contributed by atoms with Crippen LogP contribution in [0.1, 0.15) is 36.0 Å². The molecule has 1 fully saturated rings. The van der Waals surface area contributed by atoms with Crippen LogP contribution in [0.4, 0.5) is 0 Å². The van der Waals surface area contributed by atoms with Crippen LogP contribution in [0, 0.1) is 19.8 Å². The van der Waals surface area contributed by atoms with Crippen molar-refractivity contribution in [2.24, 2.45) is 11.7 Å². The molecule has 0 aliphatic carbocycles. The van der Waals surface area contributed by atoms with Crippen molar-refractivity contribution in [1.82, 2.24) is 10.2 Å². The molecule has 6 heteroatoms. The first-order valence-electron chi connectivity index (χ1n) is 8.83. The number of nitrogens with zero attached hydrogens (tertiary/aromatic N) is 1. The van der Waals surface area contributed by atoms with E-state index in [1.807, 2.05) is 4.90 Å². The van der Waals surface area contributed by atoms with E-state index < -0.39 is 0 Å². The van der Waals surface area contributed by atoms with E-state index >= 15 is 0 Å². The molecule has 2 rings (SSSR count). The van der Waals surface area contributed by atoms with Crippen molar-refractivity contribution in [3.8, 4) is 0 Å². The van der Waals surface area contributed by atoms with Gasteiger partial charge in [-0.15, -0.1) is 12.4 Å². The molecule has 1 aromatic rings. The second kappa shape index (κ2) is 10.4. The summed E-state index contributed by atoms with van der Waals surface area (Å²) in [6, 6.07) is 6.35. The van der Waals surface area contributed by atoms with Gasteiger partial charge in [-0.1, -0.05) is 23.8 Å². The van der Waals surface area contributed by atoms with Gasteiger partial charge >= 0.3 is 0 Å². The van der Waals surface area contributed by atoms with Crippen LogP contribution in [0.2, 0.25) is 0 Å². The molecule has 1 heterocycles. The van der Waals surface area contributed by atoms with Crippen molar-refractivity contribution >= 4 is 24.2 Å². The predicted octanol–water partition coefficient (Wildman–Crippen LogP) is 1.97. The highest BCUT2D eigenvalue weighted by atomic mass is 35.5. The molecule has 140 valence electrons. The molecular weight excluding hydrogens is 338 g/mol. The number of carbonyl (C=O) groups excluding carboxylic acids is 2. The molecule has 5 nitrogen and oxygen atoms in total. The molecule has 1 unspecified atom stereocenters. The third kappa shape index (κ3) is 6.33. The summed E-state index contributed by atoms with van der Waals surface area (Å²) in [7, 11) is 0. The maximum atomic E-state index is 12.5. The summed E-state index contributed by atoms with van der Waals surface area (Å²) >= 11 is 0. The molecule has 1 aromatic carbocycles. The largest absolute Gasteiger partial charge is 0.355 e. The lowest BCUT2D eigenvalue weighted by Gasteiger charge is -2.32. The van der Waals surface area contributed by atoms with Crippen LogP contribution >= 0.6 is 12.4 Å². The van der Waals surface area contributed by atoms with Crippen LogP contribution in [-0.4, -0.2) is 42.9 Å². The third-order valence-corrected chi connectivity index (χ3v) is 4.69. The first kappa shape index (κ1) is 21.5. The molecular formula is C19H30ClN3O2. The first-order valence-corrected chi connectivity index (χ1v) is 8.83. The fraction of sp³-hybridized carbons (Fsp3) is 0.579. The molecule has 0 aromatic heterocycles. The number of benzene rings is 1. The van der Waals surface area contributed by atoms with Gasteiger partial charge in [-0.25, -0.2) is 0 Å². The van der Waals surface area contributed by atoms with Gasteiger partial charge in [-0.05, 0) is 44.2 Å². The zero-order chi connectivity index (χ0) is 17.5. The summed E-state index contributed by atoms with van der Waals surface area (Å²) in [5.74, 6) is 0.0639. The summed E-state index contributed by atoms with van der Waals surface area (Å²) in [5.41, 5.74) is 9.12. The van der Waals surface area contributed by atoms with E-state index in [-0.39, 0.29) is 30.1 Å². The highest BCUT2D eigenvalue weighted by molar-refractivity contribution is 5.85. The van der Waals surface area contributed by atoms with Gasteiger partial charge in [0.1, 0.15) is 0 Å². The van der Waals surface area contributed by atoms with Crippen molar-refractivity contribution in [3.63, 3.8) is 0 Å². The number of hydrogen-bond donors (Lipinski definition) is 2. The number of aryl methyl sites for hydroxylation is 3. The van der Waals surface area contributed by atoms with E-state index in [1.165, 1.54) is 16.7 Å². The molecule has 1 atom stereocenters. The molecule has 25 heavy (non-hydrogen) atoms. The van der Waals surface area contributed by atoms with Crippen LogP contribution in [0.3, 0.4) is 0 Å². The van der Waals surface area contributed by atoms with E-state index in [4.69, 9.17) is 5.73 Å². The summed E-state index contributed by atoms with van der Waals surface area (Å²) in [6.07, 6.45) is 2.99. The van der Waals surface area contributed by atoms with Gasteiger partial charge in [-0.2, -0.15) is 0 Å².